The SMILES string of the molecule is COC(=O)c1c(-c2ccccc2)csc1NC(=O)c1ccc(Cl)c(Cl)c1. The van der Waals surface area contributed by atoms with Gasteiger partial charge in [-0.25, -0.2) is 4.79 Å². The molecular formula is C19H13Cl2NO3S. The van der Waals surface area contributed by atoms with E-state index >= 15 is 0 Å². The molecule has 132 valence electrons. The minimum Gasteiger partial charge on any atom is -0.465 e. The third kappa shape index (κ3) is 3.75. The number of methoxy groups -OCH3 is 1. The molecule has 0 saturated carbocycles. The summed E-state index contributed by atoms with van der Waals surface area (Å²) in [6.45, 7) is 0. The van der Waals surface area contributed by atoms with Gasteiger partial charge in [-0.05, 0) is 23.8 Å². The van der Waals surface area contributed by atoms with Crippen molar-refractivity contribution in [2.75, 3.05) is 12.4 Å². The first kappa shape index (κ1) is 18.5. The van der Waals surface area contributed by atoms with Crippen molar-refractivity contribution in [3.05, 3.63) is 75.1 Å². The van der Waals surface area contributed by atoms with E-state index in [1.54, 1.807) is 12.1 Å². The van der Waals surface area contributed by atoms with Crippen LogP contribution in [0.1, 0.15) is 20.7 Å². The predicted octanol–water partition coefficient (Wildman–Crippen LogP) is 5.76. The Kier molecular flexibility index (Phi) is 5.61. The van der Waals surface area contributed by atoms with Crippen molar-refractivity contribution in [3.63, 3.8) is 0 Å². The van der Waals surface area contributed by atoms with Crippen LogP contribution in [-0.4, -0.2) is 19.0 Å². The zero-order chi connectivity index (χ0) is 18.7. The molecule has 0 aliphatic rings. The zero-order valence-corrected chi connectivity index (χ0v) is 15.9. The fourth-order valence-electron chi connectivity index (χ4n) is 2.40. The second kappa shape index (κ2) is 7.91. The molecule has 7 heteroatoms. The Bertz CT molecular complexity index is 970. The van der Waals surface area contributed by atoms with Gasteiger partial charge in [-0.1, -0.05) is 53.5 Å². The number of rotatable bonds is 4. The summed E-state index contributed by atoms with van der Waals surface area (Å²) in [5.74, 6) is -0.912. The molecule has 0 spiro atoms. The second-order valence-corrected chi connectivity index (χ2v) is 6.99. The van der Waals surface area contributed by atoms with Gasteiger partial charge < -0.3 is 10.1 Å². The molecule has 0 atom stereocenters. The minimum absolute atomic E-state index is 0.281. The molecule has 0 unspecified atom stereocenters. The zero-order valence-electron chi connectivity index (χ0n) is 13.6. The fraction of sp³-hybridized carbons (Fsp3) is 0.0526. The van der Waals surface area contributed by atoms with Crippen LogP contribution in [-0.2, 0) is 4.74 Å². The van der Waals surface area contributed by atoms with Gasteiger partial charge in [-0.3, -0.25) is 4.79 Å². The molecule has 1 heterocycles. The smallest absolute Gasteiger partial charge is 0.341 e. The molecule has 0 saturated heterocycles. The summed E-state index contributed by atoms with van der Waals surface area (Å²) in [6.07, 6.45) is 0. The lowest BCUT2D eigenvalue weighted by Crippen LogP contribution is -2.14. The minimum atomic E-state index is -0.519. The number of hydrogen-bond donors (Lipinski definition) is 1. The normalized spacial score (nSPS) is 10.4. The lowest BCUT2D eigenvalue weighted by atomic mass is 10.0. The first-order chi connectivity index (χ1) is 12.5. The summed E-state index contributed by atoms with van der Waals surface area (Å²) in [5.41, 5.74) is 2.22. The van der Waals surface area contributed by atoms with E-state index in [1.807, 2.05) is 35.7 Å². The quantitative estimate of drug-likeness (QED) is 0.561. The third-order valence-corrected chi connectivity index (χ3v) is 5.31. The molecule has 3 aromatic rings. The van der Waals surface area contributed by atoms with Crippen LogP contribution in [0.5, 0.6) is 0 Å². The lowest BCUT2D eigenvalue weighted by Gasteiger charge is -2.08. The Morgan fingerprint density at radius 3 is 2.42 bits per heavy atom. The molecule has 0 aliphatic heterocycles. The van der Waals surface area contributed by atoms with Gasteiger partial charge in [0.1, 0.15) is 10.6 Å². The van der Waals surface area contributed by atoms with Crippen LogP contribution in [0.25, 0.3) is 11.1 Å². The van der Waals surface area contributed by atoms with E-state index in [9.17, 15) is 9.59 Å². The van der Waals surface area contributed by atoms with Gasteiger partial charge in [0.2, 0.25) is 0 Å². The molecule has 0 bridgehead atoms. The summed E-state index contributed by atoms with van der Waals surface area (Å²) < 4.78 is 4.90. The van der Waals surface area contributed by atoms with E-state index in [1.165, 1.54) is 24.5 Å². The van der Waals surface area contributed by atoms with E-state index in [2.05, 4.69) is 5.32 Å². The number of benzene rings is 2. The molecule has 26 heavy (non-hydrogen) atoms. The maximum Gasteiger partial charge on any atom is 0.341 e. The van der Waals surface area contributed by atoms with Gasteiger partial charge in [0.15, 0.2) is 0 Å². The molecule has 1 N–H and O–H groups in total. The van der Waals surface area contributed by atoms with E-state index in [0.717, 1.165) is 5.56 Å². The Morgan fingerprint density at radius 2 is 1.77 bits per heavy atom. The molecule has 1 aromatic heterocycles. The van der Waals surface area contributed by atoms with Crippen molar-refractivity contribution in [2.24, 2.45) is 0 Å². The molecule has 0 fully saturated rings. The van der Waals surface area contributed by atoms with Crippen molar-refractivity contribution < 1.29 is 14.3 Å². The Morgan fingerprint density at radius 1 is 1.04 bits per heavy atom. The average molecular weight is 406 g/mol. The highest BCUT2D eigenvalue weighted by Crippen LogP contribution is 2.36. The van der Waals surface area contributed by atoms with Gasteiger partial charge in [0.05, 0.1) is 17.2 Å². The van der Waals surface area contributed by atoms with E-state index in [-0.39, 0.29) is 5.02 Å². The van der Waals surface area contributed by atoms with Gasteiger partial charge >= 0.3 is 5.97 Å². The van der Waals surface area contributed by atoms with Crippen LogP contribution in [0.2, 0.25) is 10.0 Å². The summed E-state index contributed by atoms with van der Waals surface area (Å²) in [7, 11) is 1.30. The topological polar surface area (TPSA) is 55.4 Å². The van der Waals surface area contributed by atoms with E-state index in [0.29, 0.717) is 26.7 Å². The average Bonchev–Trinajstić information content (AvgIpc) is 3.07. The van der Waals surface area contributed by atoms with Gasteiger partial charge in [0, 0.05) is 16.5 Å². The second-order valence-electron chi connectivity index (χ2n) is 5.29. The molecular weight excluding hydrogens is 393 g/mol. The van der Waals surface area contributed by atoms with Crippen LogP contribution in [0.3, 0.4) is 0 Å². The molecule has 3 rings (SSSR count). The van der Waals surface area contributed by atoms with Crippen molar-refractivity contribution >= 4 is 51.4 Å². The van der Waals surface area contributed by atoms with Gasteiger partial charge in [0.25, 0.3) is 5.91 Å². The summed E-state index contributed by atoms with van der Waals surface area (Å²) >= 11 is 13.1. The van der Waals surface area contributed by atoms with Crippen molar-refractivity contribution in [1.82, 2.24) is 0 Å². The summed E-state index contributed by atoms with van der Waals surface area (Å²) in [4.78, 5) is 24.8. The number of carbonyl (C=O) groups is 2. The first-order valence-electron chi connectivity index (χ1n) is 7.53. The Labute approximate surface area is 164 Å². The van der Waals surface area contributed by atoms with Gasteiger partial charge in [-0.15, -0.1) is 11.3 Å². The Hall–Kier alpha value is -2.34. The number of amides is 1. The van der Waals surface area contributed by atoms with Crippen LogP contribution >= 0.6 is 34.5 Å². The van der Waals surface area contributed by atoms with Crippen molar-refractivity contribution in [3.8, 4) is 11.1 Å². The molecule has 0 aliphatic carbocycles. The van der Waals surface area contributed by atoms with Crippen LogP contribution < -0.4 is 5.32 Å². The highest BCUT2D eigenvalue weighted by Gasteiger charge is 2.22. The lowest BCUT2D eigenvalue weighted by molar-refractivity contribution is 0.0603. The van der Waals surface area contributed by atoms with Crippen molar-refractivity contribution in [1.29, 1.82) is 0 Å². The highest BCUT2D eigenvalue weighted by molar-refractivity contribution is 7.15. The largest absolute Gasteiger partial charge is 0.465 e. The monoisotopic (exact) mass is 405 g/mol. The van der Waals surface area contributed by atoms with Crippen LogP contribution in [0.4, 0.5) is 5.00 Å². The van der Waals surface area contributed by atoms with E-state index in [4.69, 9.17) is 27.9 Å². The third-order valence-electron chi connectivity index (χ3n) is 3.67. The number of anilines is 1. The number of ether oxygens (including phenoxy) is 1. The number of esters is 1. The number of halogens is 2. The molecule has 0 radical (unpaired) electrons. The number of thiophene rings is 1. The van der Waals surface area contributed by atoms with E-state index < -0.39 is 11.9 Å². The first-order valence-corrected chi connectivity index (χ1v) is 9.16. The number of hydrogen-bond acceptors (Lipinski definition) is 4. The Balaban J connectivity index is 1.97. The predicted molar refractivity (Wildman–Crippen MR) is 106 cm³/mol. The van der Waals surface area contributed by atoms with Crippen molar-refractivity contribution in [2.45, 2.75) is 0 Å². The molecule has 2 aromatic carbocycles. The molecule has 4 nitrogen and oxygen atoms in total. The highest BCUT2D eigenvalue weighted by atomic mass is 35.5. The fourth-order valence-corrected chi connectivity index (χ4v) is 3.65. The summed E-state index contributed by atoms with van der Waals surface area (Å²) in [6, 6.07) is 14.0. The number of carbonyl (C=O) groups excluding carboxylic acids is 2. The number of nitrogens with one attached hydrogen (secondary N) is 1. The van der Waals surface area contributed by atoms with Gasteiger partial charge in [-0.2, -0.15) is 0 Å². The standard InChI is InChI=1S/C19H13Cl2NO3S/c1-25-19(24)16-13(11-5-3-2-4-6-11)10-26-18(16)22-17(23)12-7-8-14(20)15(21)9-12/h2-10H,1H3,(H,22,23). The maximum absolute atomic E-state index is 12.5. The van der Waals surface area contributed by atoms with Crippen LogP contribution in [0, 0.1) is 0 Å². The summed E-state index contributed by atoms with van der Waals surface area (Å²) in [5, 5.41) is 5.62. The maximum atomic E-state index is 12.5. The molecule has 1 amide bonds. The van der Waals surface area contributed by atoms with Crippen LogP contribution in [0.15, 0.2) is 53.9 Å².